The van der Waals surface area contributed by atoms with E-state index in [1.807, 2.05) is 20.8 Å². The molecule has 0 heterocycles. The predicted octanol–water partition coefficient (Wildman–Crippen LogP) is 2.18. The van der Waals surface area contributed by atoms with Crippen LogP contribution in [0, 0.1) is 6.92 Å². The van der Waals surface area contributed by atoms with E-state index in [9.17, 15) is 0 Å². The molecule has 0 amide bonds. The summed E-state index contributed by atoms with van der Waals surface area (Å²) in [4.78, 5) is 0. The minimum absolute atomic E-state index is 0.123. The van der Waals surface area contributed by atoms with Gasteiger partial charge in [0.1, 0.15) is 0 Å². The fourth-order valence-corrected chi connectivity index (χ4v) is 1.53. The zero-order chi connectivity index (χ0) is 12.9. The van der Waals surface area contributed by atoms with E-state index in [1.54, 1.807) is 0 Å². The van der Waals surface area contributed by atoms with E-state index in [0.717, 1.165) is 6.42 Å². The van der Waals surface area contributed by atoms with Crippen LogP contribution in [0.3, 0.4) is 0 Å². The molecule has 3 heteroatoms. The molecule has 0 fully saturated rings. The lowest BCUT2D eigenvalue weighted by Gasteiger charge is -2.24. The van der Waals surface area contributed by atoms with Gasteiger partial charge in [0.15, 0.2) is 0 Å². The predicted molar refractivity (Wildman–Crippen MR) is 71.7 cm³/mol. The smallest absolute Gasteiger partial charge is 0.0643 e. The van der Waals surface area contributed by atoms with Crippen LogP contribution in [0.15, 0.2) is 24.3 Å². The van der Waals surface area contributed by atoms with Crippen LogP contribution in [0.2, 0.25) is 0 Å². The summed E-state index contributed by atoms with van der Waals surface area (Å²) in [5, 5.41) is 0. The highest BCUT2D eigenvalue weighted by atomic mass is 16.5. The Bertz CT molecular complexity index is 327. The van der Waals surface area contributed by atoms with Crippen molar-refractivity contribution in [2.24, 2.45) is 5.84 Å². The Kier molecular flexibility index (Phi) is 5.12. The van der Waals surface area contributed by atoms with Crippen molar-refractivity contribution in [3.05, 3.63) is 35.4 Å². The first-order valence-corrected chi connectivity index (χ1v) is 6.06. The molecule has 0 aromatic heterocycles. The van der Waals surface area contributed by atoms with Crippen LogP contribution in [0.4, 0.5) is 0 Å². The van der Waals surface area contributed by atoms with Crippen molar-refractivity contribution in [1.29, 1.82) is 0 Å². The maximum absolute atomic E-state index is 5.74. The number of hydrogen-bond donors (Lipinski definition) is 2. The summed E-state index contributed by atoms with van der Waals surface area (Å²) in [7, 11) is 0. The van der Waals surface area contributed by atoms with E-state index in [1.165, 1.54) is 11.1 Å². The van der Waals surface area contributed by atoms with Gasteiger partial charge in [0.25, 0.3) is 0 Å². The van der Waals surface area contributed by atoms with Crippen LogP contribution in [-0.4, -0.2) is 18.2 Å². The molecule has 96 valence electrons. The monoisotopic (exact) mass is 236 g/mol. The topological polar surface area (TPSA) is 47.3 Å². The molecule has 1 atom stereocenters. The molecule has 0 saturated carbocycles. The van der Waals surface area contributed by atoms with Crippen molar-refractivity contribution in [2.75, 3.05) is 6.61 Å². The number of hydrazine groups is 1. The summed E-state index contributed by atoms with van der Waals surface area (Å²) >= 11 is 0. The maximum Gasteiger partial charge on any atom is 0.0643 e. The summed E-state index contributed by atoms with van der Waals surface area (Å²) in [6.45, 7) is 8.85. The largest absolute Gasteiger partial charge is 0.374 e. The van der Waals surface area contributed by atoms with Crippen LogP contribution in [0.5, 0.6) is 0 Å². The highest BCUT2D eigenvalue weighted by Gasteiger charge is 2.14. The fraction of sp³-hybridized carbons (Fsp3) is 0.571. The first-order valence-electron chi connectivity index (χ1n) is 6.06. The van der Waals surface area contributed by atoms with Gasteiger partial charge in [-0.1, -0.05) is 29.8 Å². The molecule has 1 unspecified atom stereocenters. The van der Waals surface area contributed by atoms with Gasteiger partial charge in [0.05, 0.1) is 12.2 Å². The van der Waals surface area contributed by atoms with Crippen LogP contribution in [0.25, 0.3) is 0 Å². The van der Waals surface area contributed by atoms with E-state index >= 15 is 0 Å². The molecule has 0 aliphatic heterocycles. The van der Waals surface area contributed by atoms with E-state index < -0.39 is 0 Å². The van der Waals surface area contributed by atoms with E-state index in [2.05, 4.69) is 36.6 Å². The molecule has 17 heavy (non-hydrogen) atoms. The number of benzene rings is 1. The van der Waals surface area contributed by atoms with Crippen molar-refractivity contribution in [3.63, 3.8) is 0 Å². The maximum atomic E-state index is 5.74. The molecular formula is C14H24N2O. The Morgan fingerprint density at radius 3 is 2.29 bits per heavy atom. The molecule has 1 aromatic rings. The Morgan fingerprint density at radius 2 is 1.82 bits per heavy atom. The van der Waals surface area contributed by atoms with Crippen LogP contribution >= 0.6 is 0 Å². The number of hydrogen-bond acceptors (Lipinski definition) is 3. The van der Waals surface area contributed by atoms with Gasteiger partial charge in [-0.05, 0) is 39.7 Å². The molecule has 0 radical (unpaired) electrons. The van der Waals surface area contributed by atoms with E-state index in [4.69, 9.17) is 10.6 Å². The lowest BCUT2D eigenvalue weighted by atomic mass is 10.1. The SMILES string of the molecule is Cc1ccc(CC(COC(C)(C)C)NN)cc1. The second-order valence-electron chi connectivity index (χ2n) is 5.48. The van der Waals surface area contributed by atoms with Gasteiger partial charge in [-0.3, -0.25) is 11.3 Å². The summed E-state index contributed by atoms with van der Waals surface area (Å²) in [6, 6.07) is 8.66. The lowest BCUT2D eigenvalue weighted by Crippen LogP contribution is -2.42. The average molecular weight is 236 g/mol. The van der Waals surface area contributed by atoms with E-state index in [0.29, 0.717) is 6.61 Å². The minimum atomic E-state index is -0.123. The van der Waals surface area contributed by atoms with Crippen molar-refractivity contribution in [2.45, 2.75) is 45.8 Å². The molecule has 3 N–H and O–H groups in total. The average Bonchev–Trinajstić information content (AvgIpc) is 2.25. The zero-order valence-corrected chi connectivity index (χ0v) is 11.3. The van der Waals surface area contributed by atoms with Crippen molar-refractivity contribution in [3.8, 4) is 0 Å². The first kappa shape index (κ1) is 14.2. The molecule has 3 nitrogen and oxygen atoms in total. The highest BCUT2D eigenvalue weighted by molar-refractivity contribution is 5.22. The number of nitrogens with two attached hydrogens (primary N) is 1. The van der Waals surface area contributed by atoms with Gasteiger partial charge in [-0.25, -0.2) is 0 Å². The Labute approximate surface area is 104 Å². The third-order valence-corrected chi connectivity index (χ3v) is 2.56. The Balaban J connectivity index is 2.49. The van der Waals surface area contributed by atoms with Gasteiger partial charge >= 0.3 is 0 Å². The molecule has 0 bridgehead atoms. The number of ether oxygens (including phenoxy) is 1. The van der Waals surface area contributed by atoms with Crippen LogP contribution in [0.1, 0.15) is 31.9 Å². The number of nitrogens with one attached hydrogen (secondary N) is 1. The van der Waals surface area contributed by atoms with Gasteiger partial charge in [0, 0.05) is 6.04 Å². The molecule has 0 saturated heterocycles. The second-order valence-corrected chi connectivity index (χ2v) is 5.48. The summed E-state index contributed by atoms with van der Waals surface area (Å²) in [5.41, 5.74) is 5.24. The molecule has 0 spiro atoms. The first-order chi connectivity index (χ1) is 7.90. The Hall–Kier alpha value is -0.900. The van der Waals surface area contributed by atoms with Gasteiger partial charge in [0.2, 0.25) is 0 Å². The van der Waals surface area contributed by atoms with Crippen molar-refractivity contribution < 1.29 is 4.74 Å². The molecule has 0 aliphatic carbocycles. The standard InChI is InChI=1S/C14H24N2O/c1-11-5-7-12(8-6-11)9-13(16-15)10-17-14(2,3)4/h5-8,13,16H,9-10,15H2,1-4H3. The number of rotatable bonds is 5. The molecule has 0 aliphatic rings. The fourth-order valence-electron chi connectivity index (χ4n) is 1.53. The van der Waals surface area contributed by atoms with Crippen molar-refractivity contribution >= 4 is 0 Å². The number of aryl methyl sites for hydroxylation is 1. The van der Waals surface area contributed by atoms with Crippen LogP contribution < -0.4 is 11.3 Å². The molecule has 1 aromatic carbocycles. The normalized spacial score (nSPS) is 13.7. The summed E-state index contributed by atoms with van der Waals surface area (Å²) < 4.78 is 5.74. The van der Waals surface area contributed by atoms with Gasteiger partial charge in [-0.15, -0.1) is 0 Å². The highest BCUT2D eigenvalue weighted by Crippen LogP contribution is 2.10. The minimum Gasteiger partial charge on any atom is -0.374 e. The summed E-state index contributed by atoms with van der Waals surface area (Å²) in [5.74, 6) is 5.55. The summed E-state index contributed by atoms with van der Waals surface area (Å²) in [6.07, 6.45) is 0.882. The lowest BCUT2D eigenvalue weighted by molar-refractivity contribution is -0.0143. The van der Waals surface area contributed by atoms with Gasteiger partial charge < -0.3 is 4.74 Å². The third kappa shape index (κ3) is 5.82. The second kappa shape index (κ2) is 6.15. The molecule has 1 rings (SSSR count). The van der Waals surface area contributed by atoms with Crippen molar-refractivity contribution in [1.82, 2.24) is 5.43 Å². The zero-order valence-electron chi connectivity index (χ0n) is 11.3. The van der Waals surface area contributed by atoms with Gasteiger partial charge in [-0.2, -0.15) is 0 Å². The Morgan fingerprint density at radius 1 is 1.24 bits per heavy atom. The third-order valence-electron chi connectivity index (χ3n) is 2.56. The van der Waals surface area contributed by atoms with E-state index in [-0.39, 0.29) is 11.6 Å². The quantitative estimate of drug-likeness (QED) is 0.608. The van der Waals surface area contributed by atoms with Crippen LogP contribution in [-0.2, 0) is 11.2 Å². The molecular weight excluding hydrogens is 212 g/mol.